The van der Waals surface area contributed by atoms with E-state index in [1.165, 1.54) is 12.1 Å². The SMILES string of the molecule is O=P(O)(O)c1ccc2c(-c3c(P(c4ccccc4)c4ccccc4)ccc4cc(P(=O)(O)O)ccc34)c(P(c3ccccc3)c3ccccc3)ccc2c1. The summed E-state index contributed by atoms with van der Waals surface area (Å²) in [5.41, 5.74) is 1.82. The highest BCUT2D eigenvalue weighted by molar-refractivity contribution is 7.81. The van der Waals surface area contributed by atoms with Gasteiger partial charge in [0.2, 0.25) is 0 Å². The van der Waals surface area contributed by atoms with Crippen molar-refractivity contribution in [2.45, 2.75) is 0 Å². The van der Waals surface area contributed by atoms with E-state index in [0.29, 0.717) is 10.8 Å². The van der Waals surface area contributed by atoms with Crippen LogP contribution in [0.5, 0.6) is 0 Å². The average molecular weight is 783 g/mol. The van der Waals surface area contributed by atoms with E-state index < -0.39 is 31.0 Å². The molecule has 4 N–H and O–H groups in total. The zero-order valence-corrected chi connectivity index (χ0v) is 32.3. The monoisotopic (exact) mass is 782 g/mol. The molecule has 0 aliphatic rings. The summed E-state index contributed by atoms with van der Waals surface area (Å²) in [5.74, 6) is 0. The molecule has 0 fully saturated rings. The quantitative estimate of drug-likeness (QED) is 0.120. The van der Waals surface area contributed by atoms with Gasteiger partial charge in [0.25, 0.3) is 0 Å². The van der Waals surface area contributed by atoms with Crippen LogP contribution in [0.3, 0.4) is 0 Å². The van der Waals surface area contributed by atoms with E-state index in [9.17, 15) is 28.7 Å². The van der Waals surface area contributed by atoms with Crippen molar-refractivity contribution in [2.75, 3.05) is 0 Å². The van der Waals surface area contributed by atoms with E-state index in [1.54, 1.807) is 12.1 Å². The maximum atomic E-state index is 12.6. The maximum Gasteiger partial charge on any atom is 0.356 e. The van der Waals surface area contributed by atoms with Crippen LogP contribution < -0.4 is 42.4 Å². The van der Waals surface area contributed by atoms with Gasteiger partial charge in [-0.3, -0.25) is 9.13 Å². The van der Waals surface area contributed by atoms with Gasteiger partial charge in [-0.15, -0.1) is 0 Å². The zero-order chi connectivity index (χ0) is 37.5. The van der Waals surface area contributed by atoms with Crippen molar-refractivity contribution in [1.29, 1.82) is 0 Å². The molecule has 8 aromatic rings. The van der Waals surface area contributed by atoms with Crippen molar-refractivity contribution in [3.63, 3.8) is 0 Å². The molecule has 0 saturated heterocycles. The first kappa shape index (κ1) is 36.4. The molecular weight excluding hydrogens is 748 g/mol. The molecule has 0 aliphatic heterocycles. The van der Waals surface area contributed by atoms with Crippen LogP contribution in [0.4, 0.5) is 0 Å². The van der Waals surface area contributed by atoms with Crippen LogP contribution in [0, 0.1) is 0 Å². The first-order chi connectivity index (χ1) is 26.1. The Balaban J connectivity index is 1.57. The van der Waals surface area contributed by atoms with Gasteiger partial charge in [-0.05, 0) is 105 Å². The molecule has 8 rings (SSSR count). The molecule has 0 spiro atoms. The minimum atomic E-state index is -4.57. The lowest BCUT2D eigenvalue weighted by atomic mass is 9.93. The number of hydrogen-bond donors (Lipinski definition) is 4. The first-order valence-corrected chi connectivity index (χ1v) is 23.1. The summed E-state index contributed by atoms with van der Waals surface area (Å²) >= 11 is 0. The molecule has 0 aliphatic carbocycles. The third kappa shape index (κ3) is 7.17. The van der Waals surface area contributed by atoms with Crippen molar-refractivity contribution in [3.05, 3.63) is 182 Å². The Bertz CT molecular complexity index is 2450. The minimum absolute atomic E-state index is 0.0673. The van der Waals surface area contributed by atoms with E-state index in [1.807, 2.05) is 97.1 Å². The molecule has 0 atom stereocenters. The fourth-order valence-electron chi connectivity index (χ4n) is 7.03. The maximum absolute atomic E-state index is 12.6. The highest BCUT2D eigenvalue weighted by Crippen LogP contribution is 2.47. The molecule has 0 heterocycles. The molecule has 266 valence electrons. The van der Waals surface area contributed by atoms with Gasteiger partial charge in [0.05, 0.1) is 10.6 Å². The van der Waals surface area contributed by atoms with Gasteiger partial charge in [0.15, 0.2) is 0 Å². The van der Waals surface area contributed by atoms with Crippen LogP contribution in [0.2, 0.25) is 0 Å². The fraction of sp³-hybridized carbons (Fsp3) is 0. The Morgan fingerprint density at radius 3 is 0.926 bits per heavy atom. The van der Waals surface area contributed by atoms with E-state index in [2.05, 4.69) is 60.7 Å². The van der Waals surface area contributed by atoms with Crippen LogP contribution >= 0.6 is 31.0 Å². The second kappa shape index (κ2) is 14.9. The summed E-state index contributed by atoms with van der Waals surface area (Å²) < 4.78 is 25.1. The van der Waals surface area contributed by atoms with Gasteiger partial charge >= 0.3 is 15.2 Å². The van der Waals surface area contributed by atoms with Crippen molar-refractivity contribution in [2.24, 2.45) is 0 Å². The zero-order valence-electron chi connectivity index (χ0n) is 28.7. The molecule has 54 heavy (non-hydrogen) atoms. The van der Waals surface area contributed by atoms with Gasteiger partial charge in [0, 0.05) is 0 Å². The van der Waals surface area contributed by atoms with Crippen molar-refractivity contribution >= 4 is 95.0 Å². The summed E-state index contributed by atoms with van der Waals surface area (Å²) in [6.07, 6.45) is 0. The van der Waals surface area contributed by atoms with Crippen molar-refractivity contribution in [3.8, 4) is 11.1 Å². The number of rotatable bonds is 9. The van der Waals surface area contributed by atoms with Gasteiger partial charge in [-0.25, -0.2) is 0 Å². The van der Waals surface area contributed by atoms with Gasteiger partial charge in [-0.1, -0.05) is 158 Å². The molecule has 10 heteroatoms. The largest absolute Gasteiger partial charge is 0.356 e. The first-order valence-electron chi connectivity index (χ1n) is 17.1. The van der Waals surface area contributed by atoms with Gasteiger partial charge < -0.3 is 19.6 Å². The van der Waals surface area contributed by atoms with Crippen LogP contribution in [0.15, 0.2) is 182 Å². The molecule has 0 saturated carbocycles. The lowest BCUT2D eigenvalue weighted by Crippen LogP contribution is -2.26. The molecule has 0 aromatic heterocycles. The summed E-state index contributed by atoms with van der Waals surface area (Å²) in [6.45, 7) is 0. The van der Waals surface area contributed by atoms with Crippen LogP contribution in [-0.4, -0.2) is 19.6 Å². The lowest BCUT2D eigenvalue weighted by molar-refractivity contribution is 0.385. The van der Waals surface area contributed by atoms with Gasteiger partial charge in [-0.2, -0.15) is 0 Å². The summed E-state index contributed by atoms with van der Waals surface area (Å²) in [7, 11) is -11.5. The standard InChI is InChI=1S/C44H34O6P4/c45-53(46,47)37-23-25-39-31(29-37)21-27-41(51(33-13-5-1-6-14-33)34-15-7-2-8-16-34)43(39)44-40-26-24-38(54(48,49)50)30-32(40)22-28-42(44)52(35-17-9-3-10-18-35)36-19-11-4-12-20-36/h1-30H,(H2,45,46,47)(H2,48,49,50). The number of hydrogen-bond acceptors (Lipinski definition) is 2. The molecule has 6 nitrogen and oxygen atoms in total. The molecule has 8 aromatic carbocycles. The third-order valence-electron chi connectivity index (χ3n) is 9.42. The summed E-state index contributed by atoms with van der Waals surface area (Å²) in [5, 5.41) is 9.44. The van der Waals surface area contributed by atoms with Crippen molar-refractivity contribution in [1.82, 2.24) is 0 Å². The molecule has 0 unspecified atom stereocenters. The minimum Gasteiger partial charge on any atom is -0.321 e. The van der Waals surface area contributed by atoms with E-state index in [0.717, 1.165) is 53.7 Å². The average Bonchev–Trinajstić information content (AvgIpc) is 3.19. The lowest BCUT2D eigenvalue weighted by Gasteiger charge is -2.28. The highest BCUT2D eigenvalue weighted by Gasteiger charge is 2.29. The highest BCUT2D eigenvalue weighted by atomic mass is 31.2. The Kier molecular flexibility index (Phi) is 10.1. The molecule has 0 amide bonds. The Morgan fingerprint density at radius 1 is 0.352 bits per heavy atom. The van der Waals surface area contributed by atoms with Crippen LogP contribution in [0.25, 0.3) is 32.7 Å². The third-order valence-corrected chi connectivity index (χ3v) is 16.3. The Hall–Kier alpha value is -4.56. The number of benzene rings is 8. The van der Waals surface area contributed by atoms with Gasteiger partial charge in [0.1, 0.15) is 0 Å². The predicted molar refractivity (Wildman–Crippen MR) is 228 cm³/mol. The van der Waals surface area contributed by atoms with Crippen LogP contribution in [-0.2, 0) is 9.13 Å². The van der Waals surface area contributed by atoms with Crippen LogP contribution in [0.1, 0.15) is 0 Å². The summed E-state index contributed by atoms with van der Waals surface area (Å²) in [4.78, 5) is 40.9. The number of fused-ring (bicyclic) bond motifs is 2. The van der Waals surface area contributed by atoms with E-state index >= 15 is 0 Å². The van der Waals surface area contributed by atoms with Crippen molar-refractivity contribution < 1.29 is 28.7 Å². The smallest absolute Gasteiger partial charge is 0.321 e. The Labute approximate surface area is 315 Å². The van der Waals surface area contributed by atoms with E-state index in [4.69, 9.17) is 0 Å². The second-order valence-corrected chi connectivity index (χ2v) is 20.4. The fourth-order valence-corrected chi connectivity index (χ4v) is 13.1. The molecule has 0 radical (unpaired) electrons. The summed E-state index contributed by atoms with van der Waals surface area (Å²) in [6, 6.07) is 59.3. The normalized spacial score (nSPS) is 12.2. The van der Waals surface area contributed by atoms with E-state index in [-0.39, 0.29) is 10.6 Å². The molecule has 0 bridgehead atoms. The predicted octanol–water partition coefficient (Wildman–Crippen LogP) is 6.78. The molecular formula is C44H34O6P4. The topological polar surface area (TPSA) is 115 Å². The Morgan fingerprint density at radius 2 is 0.648 bits per heavy atom. The second-order valence-electron chi connectivity index (χ2n) is 12.8.